The van der Waals surface area contributed by atoms with Gasteiger partial charge in [0.1, 0.15) is 0 Å². The Hall–Kier alpha value is -1.02. The molecule has 0 spiro atoms. The van der Waals surface area contributed by atoms with Crippen LogP contribution in [0.25, 0.3) is 0 Å². The van der Waals surface area contributed by atoms with Crippen molar-refractivity contribution in [2.75, 3.05) is 0 Å². The number of hydrogen-bond acceptors (Lipinski definition) is 1. The Morgan fingerprint density at radius 2 is 1.79 bits per heavy atom. The molecule has 2 rings (SSSR count). The van der Waals surface area contributed by atoms with Crippen LogP contribution < -0.4 is 0 Å². The van der Waals surface area contributed by atoms with Crippen molar-refractivity contribution in [3.8, 4) is 0 Å². The molecule has 0 bridgehead atoms. The van der Waals surface area contributed by atoms with Crippen LogP contribution in [0.5, 0.6) is 0 Å². The van der Waals surface area contributed by atoms with Gasteiger partial charge in [0, 0.05) is 6.42 Å². The molecule has 0 saturated carbocycles. The van der Waals surface area contributed by atoms with E-state index in [2.05, 4.69) is 6.92 Å². The van der Waals surface area contributed by atoms with Crippen molar-refractivity contribution in [3.63, 3.8) is 0 Å². The minimum Gasteiger partial charge on any atom is -0.388 e. The first-order valence-electron chi connectivity index (χ1n) is 6.31. The fourth-order valence-corrected chi connectivity index (χ4v) is 2.50. The second-order valence-electron chi connectivity index (χ2n) is 4.52. The molecule has 2 aromatic carbocycles. The molecule has 0 heterocycles. The Kier molecular flexibility index (Phi) is 4.87. The van der Waals surface area contributed by atoms with Gasteiger partial charge in [0.05, 0.1) is 16.1 Å². The number of hydrogen-bond donors (Lipinski definition) is 1. The van der Waals surface area contributed by atoms with Crippen LogP contribution in [0.15, 0.2) is 42.5 Å². The molecule has 0 aliphatic rings. The lowest BCUT2D eigenvalue weighted by Gasteiger charge is -2.15. The first-order valence-corrected chi connectivity index (χ1v) is 7.07. The van der Waals surface area contributed by atoms with E-state index in [0.717, 1.165) is 17.5 Å². The zero-order valence-electron chi connectivity index (χ0n) is 10.7. The van der Waals surface area contributed by atoms with Crippen molar-refractivity contribution in [2.24, 2.45) is 0 Å². The van der Waals surface area contributed by atoms with E-state index in [1.807, 2.05) is 36.4 Å². The summed E-state index contributed by atoms with van der Waals surface area (Å²) in [6, 6.07) is 13.4. The van der Waals surface area contributed by atoms with Gasteiger partial charge in [-0.3, -0.25) is 0 Å². The number of benzene rings is 2. The number of rotatable bonds is 4. The average Bonchev–Trinajstić information content (AvgIpc) is 2.43. The zero-order valence-corrected chi connectivity index (χ0v) is 12.2. The second-order valence-corrected chi connectivity index (χ2v) is 5.34. The van der Waals surface area contributed by atoms with E-state index in [4.69, 9.17) is 23.2 Å². The van der Waals surface area contributed by atoms with Crippen molar-refractivity contribution >= 4 is 23.2 Å². The molecule has 0 aliphatic carbocycles. The monoisotopic (exact) mass is 294 g/mol. The summed E-state index contributed by atoms with van der Waals surface area (Å²) in [5.74, 6) is 0. The van der Waals surface area contributed by atoms with E-state index in [1.54, 1.807) is 6.07 Å². The topological polar surface area (TPSA) is 20.2 Å². The largest absolute Gasteiger partial charge is 0.388 e. The molecule has 0 aromatic heterocycles. The first kappa shape index (κ1) is 14.4. The third-order valence-corrected chi connectivity index (χ3v) is 3.95. The van der Waals surface area contributed by atoms with Crippen LogP contribution in [0, 0.1) is 0 Å². The molecule has 2 aromatic rings. The van der Waals surface area contributed by atoms with Gasteiger partial charge >= 0.3 is 0 Å². The number of aliphatic hydroxyl groups excluding tert-OH is 1. The van der Waals surface area contributed by atoms with Crippen molar-refractivity contribution < 1.29 is 5.11 Å². The smallest absolute Gasteiger partial charge is 0.0833 e. The quantitative estimate of drug-likeness (QED) is 0.856. The third-order valence-electron chi connectivity index (χ3n) is 3.21. The molecular formula is C16H16Cl2O. The Morgan fingerprint density at radius 1 is 1.05 bits per heavy atom. The van der Waals surface area contributed by atoms with Gasteiger partial charge in [-0.25, -0.2) is 0 Å². The summed E-state index contributed by atoms with van der Waals surface area (Å²) in [5, 5.41) is 11.4. The van der Waals surface area contributed by atoms with Crippen LogP contribution in [-0.2, 0) is 12.8 Å². The fraction of sp³-hybridized carbons (Fsp3) is 0.250. The van der Waals surface area contributed by atoms with E-state index in [1.165, 1.54) is 5.56 Å². The Labute approximate surface area is 123 Å². The van der Waals surface area contributed by atoms with Gasteiger partial charge in [-0.05, 0) is 35.2 Å². The number of halogens is 2. The molecule has 0 aliphatic heterocycles. The molecule has 100 valence electrons. The Morgan fingerprint density at radius 3 is 2.47 bits per heavy atom. The van der Waals surface area contributed by atoms with Gasteiger partial charge in [0.15, 0.2) is 0 Å². The molecule has 1 unspecified atom stereocenters. The highest BCUT2D eigenvalue weighted by atomic mass is 35.5. The van der Waals surface area contributed by atoms with Gasteiger partial charge in [0.2, 0.25) is 0 Å². The van der Waals surface area contributed by atoms with Crippen molar-refractivity contribution in [1.29, 1.82) is 0 Å². The molecule has 19 heavy (non-hydrogen) atoms. The fourth-order valence-electron chi connectivity index (χ4n) is 2.18. The molecule has 1 N–H and O–H groups in total. The highest BCUT2D eigenvalue weighted by Crippen LogP contribution is 2.27. The summed E-state index contributed by atoms with van der Waals surface area (Å²) in [5.41, 5.74) is 3.14. The van der Waals surface area contributed by atoms with Crippen LogP contribution in [0.1, 0.15) is 29.7 Å². The molecular weight excluding hydrogens is 279 g/mol. The highest BCUT2D eigenvalue weighted by molar-refractivity contribution is 6.42. The summed E-state index contributed by atoms with van der Waals surface area (Å²) in [6.07, 6.45) is 0.927. The molecule has 0 radical (unpaired) electrons. The van der Waals surface area contributed by atoms with Gasteiger partial charge in [-0.1, -0.05) is 60.5 Å². The average molecular weight is 295 g/mol. The van der Waals surface area contributed by atoms with Crippen LogP contribution in [0.2, 0.25) is 10.0 Å². The van der Waals surface area contributed by atoms with Crippen molar-refractivity contribution in [1.82, 2.24) is 0 Å². The highest BCUT2D eigenvalue weighted by Gasteiger charge is 2.12. The molecule has 3 heteroatoms. The van der Waals surface area contributed by atoms with Crippen molar-refractivity contribution in [3.05, 3.63) is 69.2 Å². The first-order chi connectivity index (χ1) is 9.11. The van der Waals surface area contributed by atoms with E-state index < -0.39 is 6.10 Å². The summed E-state index contributed by atoms with van der Waals surface area (Å²) >= 11 is 11.9. The lowest BCUT2D eigenvalue weighted by atomic mass is 9.96. The maximum atomic E-state index is 10.4. The predicted octanol–water partition coefficient (Wildman–Crippen LogP) is 4.83. The summed E-state index contributed by atoms with van der Waals surface area (Å²) in [4.78, 5) is 0. The molecule has 0 amide bonds. The standard InChI is InChI=1S/C16H16Cl2O/c1-2-12-5-3-4-6-13(12)16(19)10-11-7-8-14(17)15(18)9-11/h3-9,16,19H,2,10H2,1H3. The van der Waals surface area contributed by atoms with E-state index in [0.29, 0.717) is 16.5 Å². The summed E-state index contributed by atoms with van der Waals surface area (Å²) < 4.78 is 0. The lowest BCUT2D eigenvalue weighted by molar-refractivity contribution is 0.177. The predicted molar refractivity (Wildman–Crippen MR) is 80.9 cm³/mol. The summed E-state index contributed by atoms with van der Waals surface area (Å²) in [7, 11) is 0. The zero-order chi connectivity index (χ0) is 13.8. The van der Waals surface area contributed by atoms with Gasteiger partial charge < -0.3 is 5.11 Å². The van der Waals surface area contributed by atoms with Crippen LogP contribution >= 0.6 is 23.2 Å². The minimum atomic E-state index is -0.520. The normalized spacial score (nSPS) is 12.4. The second kappa shape index (κ2) is 6.42. The minimum absolute atomic E-state index is 0.520. The maximum absolute atomic E-state index is 10.4. The molecule has 0 saturated heterocycles. The Bertz CT molecular complexity index is 566. The van der Waals surface area contributed by atoms with E-state index in [-0.39, 0.29) is 0 Å². The molecule has 1 nitrogen and oxygen atoms in total. The summed E-state index contributed by atoms with van der Waals surface area (Å²) in [6.45, 7) is 2.09. The van der Waals surface area contributed by atoms with Crippen LogP contribution in [0.4, 0.5) is 0 Å². The molecule has 0 fully saturated rings. The van der Waals surface area contributed by atoms with Crippen LogP contribution in [-0.4, -0.2) is 5.11 Å². The third kappa shape index (κ3) is 3.50. The maximum Gasteiger partial charge on any atom is 0.0833 e. The lowest BCUT2D eigenvalue weighted by Crippen LogP contribution is -2.05. The van der Waals surface area contributed by atoms with E-state index in [9.17, 15) is 5.11 Å². The van der Waals surface area contributed by atoms with E-state index >= 15 is 0 Å². The van der Waals surface area contributed by atoms with Gasteiger partial charge in [0.25, 0.3) is 0 Å². The number of aliphatic hydroxyl groups is 1. The number of aryl methyl sites for hydroxylation is 1. The van der Waals surface area contributed by atoms with Crippen LogP contribution in [0.3, 0.4) is 0 Å². The van der Waals surface area contributed by atoms with Crippen molar-refractivity contribution in [2.45, 2.75) is 25.9 Å². The van der Waals surface area contributed by atoms with Gasteiger partial charge in [-0.15, -0.1) is 0 Å². The molecule has 1 atom stereocenters. The SMILES string of the molecule is CCc1ccccc1C(O)Cc1ccc(Cl)c(Cl)c1. The van der Waals surface area contributed by atoms with Gasteiger partial charge in [-0.2, -0.15) is 0 Å². The Balaban J connectivity index is 2.20.